The summed E-state index contributed by atoms with van der Waals surface area (Å²) in [6.07, 6.45) is 0. The van der Waals surface area contributed by atoms with E-state index in [4.69, 9.17) is 15.8 Å². The van der Waals surface area contributed by atoms with Crippen molar-refractivity contribution in [3.05, 3.63) is 77.3 Å². The zero-order chi connectivity index (χ0) is 27.0. The number of nitrogens with zero attached hydrogens (tertiary/aromatic N) is 4. The van der Waals surface area contributed by atoms with E-state index in [2.05, 4.69) is 15.3 Å². The van der Waals surface area contributed by atoms with Gasteiger partial charge in [-0.2, -0.15) is 37.2 Å². The van der Waals surface area contributed by atoms with Gasteiger partial charge in [0.05, 0.1) is 17.1 Å². The Bertz CT molecular complexity index is 1640. The molecule has 1 N–H and O–H groups in total. The second kappa shape index (κ2) is 11.6. The molecule has 0 aliphatic carbocycles. The number of carbonyl (C=O) groups is 1. The number of hydrogen-bond acceptors (Lipinski definition) is 9. The summed E-state index contributed by atoms with van der Waals surface area (Å²) in [6, 6.07) is 14.3. The average molecular weight is 586 g/mol. The van der Waals surface area contributed by atoms with Crippen LogP contribution in [0.25, 0.3) is 0 Å². The number of azo groups is 1. The molecule has 0 spiro atoms. The molecule has 3 aromatic carbocycles. The molecule has 1 atom stereocenters. The Kier molecular flexibility index (Phi) is 9.14. The first-order valence-corrected chi connectivity index (χ1v) is 13.8. The number of benzene rings is 3. The summed E-state index contributed by atoms with van der Waals surface area (Å²) in [5, 5.41) is 12.9. The van der Waals surface area contributed by atoms with Gasteiger partial charge in [0.25, 0.3) is 16.0 Å². The number of aryl methyl sites for hydroxylation is 1. The van der Waals surface area contributed by atoms with Gasteiger partial charge in [-0.1, -0.05) is 29.3 Å². The van der Waals surface area contributed by atoms with Crippen LogP contribution in [-0.2, 0) is 25.0 Å². The van der Waals surface area contributed by atoms with E-state index in [-0.39, 0.29) is 56.6 Å². The van der Waals surface area contributed by atoms with E-state index in [9.17, 15) is 26.2 Å². The first kappa shape index (κ1) is 29.9. The van der Waals surface area contributed by atoms with E-state index in [0.717, 1.165) is 16.6 Å². The number of carbonyl (C=O) groups excluding carboxylic acids is 1. The summed E-state index contributed by atoms with van der Waals surface area (Å²) in [4.78, 5) is 12.4. The van der Waals surface area contributed by atoms with Crippen molar-refractivity contribution in [2.45, 2.75) is 29.7 Å². The molecule has 192 valence electrons. The van der Waals surface area contributed by atoms with E-state index >= 15 is 0 Å². The molecule has 1 heterocycles. The fraction of sp³-hybridized carbons (Fsp3) is 0.130. The molecule has 0 radical (unpaired) electrons. The quantitative estimate of drug-likeness (QED) is 0.191. The molecule has 1 aliphatic rings. The maximum atomic E-state index is 12.9. The summed E-state index contributed by atoms with van der Waals surface area (Å²) >= 11 is 5.83. The van der Waals surface area contributed by atoms with Crippen LogP contribution in [0, 0.1) is 6.92 Å². The normalized spacial score (nSPS) is 15.9. The van der Waals surface area contributed by atoms with Crippen molar-refractivity contribution in [2.24, 2.45) is 15.3 Å². The van der Waals surface area contributed by atoms with Crippen LogP contribution in [-0.4, -0.2) is 39.0 Å². The Morgan fingerprint density at radius 1 is 0.974 bits per heavy atom. The fourth-order valence-corrected chi connectivity index (χ4v) is 5.17. The van der Waals surface area contributed by atoms with Crippen LogP contribution in [0.3, 0.4) is 0 Å². The number of rotatable bonds is 7. The van der Waals surface area contributed by atoms with Crippen LogP contribution < -0.4 is 38.7 Å². The summed E-state index contributed by atoms with van der Waals surface area (Å²) in [5.41, 5.74) is 1.24. The third-order valence-electron chi connectivity index (χ3n) is 5.17. The molecule has 1 amide bonds. The van der Waals surface area contributed by atoms with E-state index in [1.807, 2.05) is 6.92 Å². The molecule has 4 rings (SSSR count). The molecular formula is C23H19ClN4NaO7S2+. The van der Waals surface area contributed by atoms with Gasteiger partial charge in [-0.3, -0.25) is 9.35 Å². The average Bonchev–Trinajstić information content (AvgIpc) is 3.11. The number of amides is 1. The maximum absolute atomic E-state index is 12.9. The summed E-state index contributed by atoms with van der Waals surface area (Å²) in [5.74, 6) is -0.640. The van der Waals surface area contributed by atoms with Gasteiger partial charge >= 0.3 is 39.7 Å². The molecular weight excluding hydrogens is 567 g/mol. The topological polar surface area (TPSA) is 155 Å². The molecule has 0 saturated carbocycles. The third-order valence-corrected chi connectivity index (χ3v) is 7.54. The van der Waals surface area contributed by atoms with Crippen LogP contribution in [0.1, 0.15) is 12.5 Å². The maximum Gasteiger partial charge on any atom is 1.00 e. The Balaban J connectivity index is 0.00000400. The third kappa shape index (κ3) is 6.67. The largest absolute Gasteiger partial charge is 1.00 e. The van der Waals surface area contributed by atoms with Crippen molar-refractivity contribution < 1.29 is 59.9 Å². The van der Waals surface area contributed by atoms with E-state index < -0.39 is 37.1 Å². The number of anilines is 1. The molecule has 3 aromatic rings. The van der Waals surface area contributed by atoms with Gasteiger partial charge in [-0.15, -0.1) is 0 Å². The molecule has 0 fully saturated rings. The van der Waals surface area contributed by atoms with Gasteiger partial charge in [0.15, 0.2) is 6.04 Å². The molecule has 38 heavy (non-hydrogen) atoms. The monoisotopic (exact) mass is 585 g/mol. The van der Waals surface area contributed by atoms with Crippen molar-refractivity contribution in [1.29, 1.82) is 0 Å². The number of hydrogen-bond donors (Lipinski definition) is 1. The van der Waals surface area contributed by atoms with Crippen molar-refractivity contribution in [3.8, 4) is 5.75 Å². The van der Waals surface area contributed by atoms with Gasteiger partial charge in [0.1, 0.15) is 15.5 Å². The summed E-state index contributed by atoms with van der Waals surface area (Å²) in [6.45, 7) is 3.35. The molecule has 1 aliphatic heterocycles. The second-order valence-corrected chi connectivity index (χ2v) is 11.3. The summed E-state index contributed by atoms with van der Waals surface area (Å²) in [7, 11) is -8.72. The van der Waals surface area contributed by atoms with Crippen LogP contribution >= 0.6 is 11.6 Å². The van der Waals surface area contributed by atoms with Crippen LogP contribution in [0.4, 0.5) is 11.4 Å². The molecule has 1 unspecified atom stereocenters. The number of hydrazone groups is 1. The molecule has 0 bridgehead atoms. The zero-order valence-corrected chi connectivity index (χ0v) is 24.7. The molecule has 11 nitrogen and oxygen atoms in total. The van der Waals surface area contributed by atoms with Crippen molar-refractivity contribution in [1.82, 2.24) is 0 Å². The minimum atomic E-state index is -4.70. The van der Waals surface area contributed by atoms with E-state index in [0.29, 0.717) is 5.69 Å². The van der Waals surface area contributed by atoms with Crippen molar-refractivity contribution in [2.75, 3.05) is 5.01 Å². The minimum absolute atomic E-state index is 0. The predicted molar refractivity (Wildman–Crippen MR) is 136 cm³/mol. The zero-order valence-electron chi connectivity index (χ0n) is 20.3. The smallest absolute Gasteiger partial charge is 0.379 e. The van der Waals surface area contributed by atoms with Crippen LogP contribution in [0.2, 0.25) is 5.02 Å². The Morgan fingerprint density at radius 3 is 2.21 bits per heavy atom. The van der Waals surface area contributed by atoms with Crippen molar-refractivity contribution >= 4 is 54.8 Å². The minimum Gasteiger partial charge on any atom is -0.379 e. The molecule has 15 heteroatoms. The predicted octanol–water partition coefficient (Wildman–Crippen LogP) is 1.54. The Hall–Kier alpha value is -2.65. The van der Waals surface area contributed by atoms with Gasteiger partial charge in [0.2, 0.25) is 0 Å². The van der Waals surface area contributed by atoms with Crippen LogP contribution in [0.5, 0.6) is 5.75 Å². The number of halogens is 1. The van der Waals surface area contributed by atoms with Crippen molar-refractivity contribution in [3.63, 3.8) is 0 Å². The Labute approximate surface area is 246 Å². The Morgan fingerprint density at radius 2 is 1.61 bits per heavy atom. The SMILES string of the molecule is CC1=NN(c2ccc(Cl)cc2S(=O)(=O)O)C(=O)C1N=Nc1ccc(OS(=O)(=O)c2ccc(C)cc2)cc1.[Na+]. The fourth-order valence-electron chi connectivity index (χ4n) is 3.30. The van der Waals surface area contributed by atoms with Gasteiger partial charge in [-0.25, -0.2) is 0 Å². The standard InChI is InChI=1S/C23H19ClN4O7S2.Na/c1-14-3-10-19(11-4-14)37(33,34)35-18-8-6-17(7-9-18)25-26-22-15(2)27-28(23(22)29)20-12-5-16(24)13-21(20)36(30,31)32;/h3-13,22H,1-2H3,(H,30,31,32);/q;+1. The summed E-state index contributed by atoms with van der Waals surface area (Å²) < 4.78 is 63.1. The van der Waals surface area contributed by atoms with Gasteiger partial charge in [-0.05, 0) is 68.4 Å². The van der Waals surface area contributed by atoms with E-state index in [1.54, 1.807) is 12.1 Å². The molecule has 0 saturated heterocycles. The van der Waals surface area contributed by atoms with Crippen LogP contribution in [0.15, 0.2) is 91.9 Å². The molecule has 0 aromatic heterocycles. The first-order chi connectivity index (χ1) is 17.3. The second-order valence-electron chi connectivity index (χ2n) is 7.94. The van der Waals surface area contributed by atoms with Gasteiger partial charge in [0, 0.05) is 5.02 Å². The van der Waals surface area contributed by atoms with E-state index in [1.165, 1.54) is 55.5 Å². The first-order valence-electron chi connectivity index (χ1n) is 10.5. The van der Waals surface area contributed by atoms with Gasteiger partial charge < -0.3 is 4.18 Å².